The molecule has 4 heteroatoms. The summed E-state index contributed by atoms with van der Waals surface area (Å²) in [6.45, 7) is 2.13. The van der Waals surface area contributed by atoms with Crippen LogP contribution in [0.3, 0.4) is 0 Å². The lowest BCUT2D eigenvalue weighted by Gasteiger charge is -2.20. The van der Waals surface area contributed by atoms with Crippen LogP contribution < -0.4 is 5.32 Å². The van der Waals surface area contributed by atoms with E-state index in [2.05, 4.69) is 15.3 Å². The molecule has 1 saturated heterocycles. The Morgan fingerprint density at radius 3 is 2.46 bits per heavy atom. The van der Waals surface area contributed by atoms with Gasteiger partial charge in [-0.25, -0.2) is 9.97 Å². The predicted molar refractivity (Wildman–Crippen MR) is 51.9 cm³/mol. The predicted octanol–water partition coefficient (Wildman–Crippen LogP) is 1.60. The van der Waals surface area contributed by atoms with E-state index in [-0.39, 0.29) is 0 Å². The molecule has 0 atom stereocenters. The van der Waals surface area contributed by atoms with E-state index in [1.807, 2.05) is 0 Å². The van der Waals surface area contributed by atoms with E-state index in [1.54, 1.807) is 12.4 Å². The third kappa shape index (κ3) is 2.17. The van der Waals surface area contributed by atoms with Gasteiger partial charge in [-0.1, -0.05) is 11.6 Å². The Morgan fingerprint density at radius 2 is 1.85 bits per heavy atom. The first-order valence-corrected chi connectivity index (χ1v) is 4.92. The summed E-state index contributed by atoms with van der Waals surface area (Å²) in [5.74, 6) is 1.45. The average molecular weight is 198 g/mol. The molecule has 0 saturated carbocycles. The van der Waals surface area contributed by atoms with E-state index < -0.39 is 0 Å². The zero-order valence-corrected chi connectivity index (χ0v) is 8.09. The quantitative estimate of drug-likeness (QED) is 0.743. The Bertz CT molecular complexity index is 267. The molecule has 1 aromatic rings. The van der Waals surface area contributed by atoms with Crippen LogP contribution >= 0.6 is 11.6 Å². The van der Waals surface area contributed by atoms with Crippen molar-refractivity contribution in [3.05, 3.63) is 23.2 Å². The minimum Gasteiger partial charge on any atom is -0.317 e. The Hall–Kier alpha value is -0.670. The highest BCUT2D eigenvalue weighted by molar-refractivity contribution is 6.30. The fourth-order valence-electron chi connectivity index (χ4n) is 1.61. The molecule has 1 aliphatic heterocycles. The van der Waals surface area contributed by atoms with Gasteiger partial charge in [-0.15, -0.1) is 0 Å². The van der Waals surface area contributed by atoms with E-state index in [0.29, 0.717) is 10.9 Å². The molecule has 2 heterocycles. The van der Waals surface area contributed by atoms with Gasteiger partial charge >= 0.3 is 0 Å². The highest BCUT2D eigenvalue weighted by atomic mass is 35.5. The second-order valence-electron chi connectivity index (χ2n) is 3.28. The first-order valence-electron chi connectivity index (χ1n) is 4.54. The molecule has 0 bridgehead atoms. The third-order valence-electron chi connectivity index (χ3n) is 2.34. The second-order valence-corrected chi connectivity index (χ2v) is 3.72. The van der Waals surface area contributed by atoms with Crippen molar-refractivity contribution in [2.24, 2.45) is 0 Å². The molecular formula is C9H12ClN3. The molecule has 1 fully saturated rings. The molecule has 13 heavy (non-hydrogen) atoms. The Balaban J connectivity index is 2.10. The summed E-state index contributed by atoms with van der Waals surface area (Å²) in [6, 6.07) is 0. The van der Waals surface area contributed by atoms with Gasteiger partial charge in [0.1, 0.15) is 5.82 Å². The van der Waals surface area contributed by atoms with Crippen LogP contribution in [0.4, 0.5) is 0 Å². The van der Waals surface area contributed by atoms with Crippen molar-refractivity contribution in [3.63, 3.8) is 0 Å². The number of piperidine rings is 1. The van der Waals surface area contributed by atoms with Crippen LogP contribution in [0.1, 0.15) is 24.6 Å². The molecule has 0 aromatic carbocycles. The molecule has 70 valence electrons. The smallest absolute Gasteiger partial charge is 0.131 e. The molecule has 1 N–H and O–H groups in total. The normalized spacial score (nSPS) is 18.8. The highest BCUT2D eigenvalue weighted by Crippen LogP contribution is 2.21. The largest absolute Gasteiger partial charge is 0.317 e. The number of hydrogen-bond acceptors (Lipinski definition) is 3. The molecule has 0 radical (unpaired) electrons. The lowest BCUT2D eigenvalue weighted by atomic mass is 9.97. The SMILES string of the molecule is Clc1cnc(C2CCNCC2)nc1. The number of nitrogens with zero attached hydrogens (tertiary/aromatic N) is 2. The van der Waals surface area contributed by atoms with Crippen molar-refractivity contribution in [2.75, 3.05) is 13.1 Å². The molecule has 0 unspecified atom stereocenters. The van der Waals surface area contributed by atoms with E-state index >= 15 is 0 Å². The summed E-state index contributed by atoms with van der Waals surface area (Å²) in [6.07, 6.45) is 5.60. The van der Waals surface area contributed by atoms with Gasteiger partial charge in [0.25, 0.3) is 0 Å². The molecule has 0 amide bonds. The molecule has 0 aliphatic carbocycles. The van der Waals surface area contributed by atoms with Crippen molar-refractivity contribution >= 4 is 11.6 Å². The van der Waals surface area contributed by atoms with Gasteiger partial charge in [-0.05, 0) is 25.9 Å². The maximum atomic E-state index is 5.71. The van der Waals surface area contributed by atoms with Crippen LogP contribution in [0, 0.1) is 0 Å². The van der Waals surface area contributed by atoms with E-state index in [0.717, 1.165) is 31.8 Å². The zero-order valence-electron chi connectivity index (χ0n) is 7.33. The summed E-state index contributed by atoms with van der Waals surface area (Å²) in [5, 5.41) is 3.92. The fraction of sp³-hybridized carbons (Fsp3) is 0.556. The van der Waals surface area contributed by atoms with E-state index in [1.165, 1.54) is 0 Å². The summed E-state index contributed by atoms with van der Waals surface area (Å²) < 4.78 is 0. The number of nitrogens with one attached hydrogen (secondary N) is 1. The summed E-state index contributed by atoms with van der Waals surface area (Å²) in [4.78, 5) is 8.46. The topological polar surface area (TPSA) is 37.8 Å². The van der Waals surface area contributed by atoms with Gasteiger partial charge in [0.15, 0.2) is 0 Å². The van der Waals surface area contributed by atoms with Crippen LogP contribution in [-0.4, -0.2) is 23.1 Å². The van der Waals surface area contributed by atoms with Crippen LogP contribution in [0.5, 0.6) is 0 Å². The fourth-order valence-corrected chi connectivity index (χ4v) is 1.71. The first kappa shape index (κ1) is 8.91. The standard InChI is InChI=1S/C9H12ClN3/c10-8-5-12-9(13-6-8)7-1-3-11-4-2-7/h5-7,11H,1-4H2. The van der Waals surface area contributed by atoms with Crippen molar-refractivity contribution in [1.29, 1.82) is 0 Å². The van der Waals surface area contributed by atoms with Crippen molar-refractivity contribution in [1.82, 2.24) is 15.3 Å². The van der Waals surface area contributed by atoms with Gasteiger partial charge in [0.2, 0.25) is 0 Å². The molecule has 1 aliphatic rings. The molecule has 1 aromatic heterocycles. The first-order chi connectivity index (χ1) is 6.36. The second kappa shape index (κ2) is 4.03. The van der Waals surface area contributed by atoms with Crippen LogP contribution in [0.25, 0.3) is 0 Å². The summed E-state index contributed by atoms with van der Waals surface area (Å²) in [5.41, 5.74) is 0. The van der Waals surface area contributed by atoms with Gasteiger partial charge in [0.05, 0.1) is 5.02 Å². The van der Waals surface area contributed by atoms with Crippen LogP contribution in [0.15, 0.2) is 12.4 Å². The molecular weight excluding hydrogens is 186 g/mol. The monoisotopic (exact) mass is 197 g/mol. The Kier molecular flexibility index (Phi) is 2.76. The van der Waals surface area contributed by atoms with Gasteiger partial charge in [-0.2, -0.15) is 0 Å². The Morgan fingerprint density at radius 1 is 1.23 bits per heavy atom. The molecule has 2 rings (SSSR count). The number of aromatic nitrogens is 2. The van der Waals surface area contributed by atoms with Crippen molar-refractivity contribution in [3.8, 4) is 0 Å². The van der Waals surface area contributed by atoms with Crippen molar-refractivity contribution in [2.45, 2.75) is 18.8 Å². The highest BCUT2D eigenvalue weighted by Gasteiger charge is 2.16. The lowest BCUT2D eigenvalue weighted by Crippen LogP contribution is -2.27. The van der Waals surface area contributed by atoms with Crippen LogP contribution in [0.2, 0.25) is 5.02 Å². The Labute approximate surface area is 82.5 Å². The van der Waals surface area contributed by atoms with Gasteiger partial charge in [0, 0.05) is 18.3 Å². The summed E-state index contributed by atoms with van der Waals surface area (Å²) >= 11 is 5.71. The minimum absolute atomic E-state index is 0.513. The van der Waals surface area contributed by atoms with E-state index in [4.69, 9.17) is 11.6 Å². The maximum Gasteiger partial charge on any atom is 0.131 e. The maximum absolute atomic E-state index is 5.71. The minimum atomic E-state index is 0.513. The van der Waals surface area contributed by atoms with Gasteiger partial charge < -0.3 is 5.32 Å². The molecule has 0 spiro atoms. The number of rotatable bonds is 1. The van der Waals surface area contributed by atoms with Crippen molar-refractivity contribution < 1.29 is 0 Å². The van der Waals surface area contributed by atoms with Gasteiger partial charge in [-0.3, -0.25) is 0 Å². The molecule has 3 nitrogen and oxygen atoms in total. The number of halogens is 1. The zero-order chi connectivity index (χ0) is 9.10. The third-order valence-corrected chi connectivity index (χ3v) is 2.54. The summed E-state index contributed by atoms with van der Waals surface area (Å²) in [7, 11) is 0. The average Bonchev–Trinajstić information content (AvgIpc) is 2.20. The number of hydrogen-bond donors (Lipinski definition) is 1. The van der Waals surface area contributed by atoms with E-state index in [9.17, 15) is 0 Å². The lowest BCUT2D eigenvalue weighted by molar-refractivity contribution is 0.445. The van der Waals surface area contributed by atoms with Crippen LogP contribution in [-0.2, 0) is 0 Å².